The van der Waals surface area contributed by atoms with Gasteiger partial charge in [0, 0.05) is 30.8 Å². The van der Waals surface area contributed by atoms with E-state index in [0.717, 1.165) is 5.69 Å². The molecule has 2 heterocycles. The third kappa shape index (κ3) is 2.88. The molecule has 2 N–H and O–H groups in total. The molecule has 1 aromatic heterocycles. The number of amides is 1. The average Bonchev–Trinajstić information content (AvgIpc) is 2.81. The summed E-state index contributed by atoms with van der Waals surface area (Å²) in [5.74, 6) is 1.09. The predicted molar refractivity (Wildman–Crippen MR) is 79.8 cm³/mol. The van der Waals surface area contributed by atoms with E-state index in [-0.39, 0.29) is 11.7 Å². The van der Waals surface area contributed by atoms with E-state index in [9.17, 15) is 9.59 Å². The van der Waals surface area contributed by atoms with Crippen LogP contribution in [0.15, 0.2) is 10.9 Å². The van der Waals surface area contributed by atoms with Crippen molar-refractivity contribution in [3.05, 3.63) is 26.9 Å². The first-order chi connectivity index (χ1) is 9.74. The summed E-state index contributed by atoms with van der Waals surface area (Å²) in [5, 5.41) is 0. The molecule has 6 nitrogen and oxygen atoms in total. The number of fused-ring (bicyclic) bond motifs is 1. The number of likely N-dealkylation sites (tertiary alicyclic amines) is 1. The van der Waals surface area contributed by atoms with Gasteiger partial charge < -0.3 is 14.6 Å². The lowest BCUT2D eigenvalue weighted by molar-refractivity contribution is 0.0270. The maximum Gasteiger partial charge on any atom is 0.410 e. The maximum atomic E-state index is 12.0. The van der Waals surface area contributed by atoms with Crippen molar-refractivity contribution in [2.45, 2.75) is 32.3 Å². The smallest absolute Gasteiger partial charge is 0.410 e. The maximum absolute atomic E-state index is 12.0. The van der Waals surface area contributed by atoms with Crippen LogP contribution in [0.5, 0.6) is 0 Å². The standard InChI is InChI=1S/C14H19N3O3S/c1-14(2,3)20-13(19)17-5-7-8(6-17)11(7)9-4-10(18)16-12(21)15-9/h4,7-8,11H,5-6H2,1-3H3,(H2,15,16,18,21)/t7-,8+,11?. The Morgan fingerprint density at radius 2 is 1.95 bits per heavy atom. The van der Waals surface area contributed by atoms with Gasteiger partial charge in [-0.25, -0.2) is 4.79 Å². The largest absolute Gasteiger partial charge is 0.444 e. The summed E-state index contributed by atoms with van der Waals surface area (Å²) in [6.07, 6.45) is -0.257. The minimum absolute atomic E-state index is 0.178. The summed E-state index contributed by atoms with van der Waals surface area (Å²) in [5.41, 5.74) is 0.228. The van der Waals surface area contributed by atoms with E-state index < -0.39 is 5.60 Å². The van der Waals surface area contributed by atoms with E-state index >= 15 is 0 Å². The molecule has 7 heteroatoms. The summed E-state index contributed by atoms with van der Waals surface area (Å²) in [4.78, 5) is 30.8. The highest BCUT2D eigenvalue weighted by molar-refractivity contribution is 7.71. The molecule has 114 valence electrons. The number of carbonyl (C=O) groups excluding carboxylic acids is 1. The number of aromatic nitrogens is 2. The number of piperidine rings is 1. The third-order valence-corrected chi connectivity index (χ3v) is 4.19. The number of hydrogen-bond acceptors (Lipinski definition) is 4. The van der Waals surface area contributed by atoms with Crippen molar-refractivity contribution < 1.29 is 9.53 Å². The molecule has 1 amide bonds. The van der Waals surface area contributed by atoms with Crippen molar-refractivity contribution in [2.75, 3.05) is 13.1 Å². The van der Waals surface area contributed by atoms with Gasteiger partial charge in [-0.1, -0.05) is 0 Å². The monoisotopic (exact) mass is 309 g/mol. The fourth-order valence-corrected chi connectivity index (χ4v) is 3.35. The molecular weight excluding hydrogens is 290 g/mol. The van der Waals surface area contributed by atoms with E-state index in [2.05, 4.69) is 9.97 Å². The van der Waals surface area contributed by atoms with Gasteiger partial charge in [0.05, 0.1) is 0 Å². The molecule has 2 fully saturated rings. The van der Waals surface area contributed by atoms with Gasteiger partial charge in [-0.3, -0.25) is 9.78 Å². The van der Waals surface area contributed by atoms with Gasteiger partial charge in [0.15, 0.2) is 4.77 Å². The highest BCUT2D eigenvalue weighted by Gasteiger charge is 2.58. The van der Waals surface area contributed by atoms with Crippen molar-refractivity contribution in [3.63, 3.8) is 0 Å². The predicted octanol–water partition coefficient (Wildman–Crippen LogP) is 2.01. The number of hydrogen-bond donors (Lipinski definition) is 2. The number of rotatable bonds is 1. The van der Waals surface area contributed by atoms with Crippen molar-refractivity contribution in [3.8, 4) is 0 Å². The second-order valence-corrected chi connectivity index (χ2v) is 7.19. The number of ether oxygens (including phenoxy) is 1. The second-order valence-electron chi connectivity index (χ2n) is 6.78. The van der Waals surface area contributed by atoms with Crippen LogP contribution in [-0.2, 0) is 4.74 Å². The van der Waals surface area contributed by atoms with Crippen LogP contribution in [0.1, 0.15) is 32.4 Å². The highest BCUT2D eigenvalue weighted by Crippen LogP contribution is 2.57. The Balaban J connectivity index is 1.65. The van der Waals surface area contributed by atoms with Crippen molar-refractivity contribution >= 4 is 18.3 Å². The zero-order valence-corrected chi connectivity index (χ0v) is 13.1. The van der Waals surface area contributed by atoms with Crippen molar-refractivity contribution in [1.82, 2.24) is 14.9 Å². The molecule has 1 aliphatic carbocycles. The normalized spacial score (nSPS) is 27.4. The molecule has 1 unspecified atom stereocenters. The van der Waals surface area contributed by atoms with E-state index in [1.807, 2.05) is 20.8 Å². The number of nitrogens with zero attached hydrogens (tertiary/aromatic N) is 1. The second kappa shape index (κ2) is 4.69. The van der Waals surface area contributed by atoms with Crippen LogP contribution in [0.25, 0.3) is 0 Å². The van der Waals surface area contributed by atoms with Crippen LogP contribution in [-0.4, -0.2) is 39.7 Å². The molecule has 1 aromatic rings. The average molecular weight is 309 g/mol. The number of carbonyl (C=O) groups is 1. The fourth-order valence-electron chi connectivity index (χ4n) is 3.13. The Morgan fingerprint density at radius 1 is 1.33 bits per heavy atom. The molecule has 1 saturated heterocycles. The SMILES string of the molecule is CC(C)(C)OC(=O)N1C[C@@H]2C(c3cc(=O)[nH]c(=S)[nH]3)[C@@H]2C1. The Kier molecular flexibility index (Phi) is 3.20. The topological polar surface area (TPSA) is 78.2 Å². The van der Waals surface area contributed by atoms with E-state index in [1.165, 1.54) is 0 Å². The molecule has 0 aromatic carbocycles. The first-order valence-electron chi connectivity index (χ1n) is 7.06. The number of aromatic amines is 2. The molecule has 2 aliphatic rings. The van der Waals surface area contributed by atoms with E-state index in [1.54, 1.807) is 11.0 Å². The lowest BCUT2D eigenvalue weighted by Crippen LogP contribution is -2.37. The zero-order chi connectivity index (χ0) is 15.4. The van der Waals surface area contributed by atoms with Gasteiger partial charge in [-0.15, -0.1) is 0 Å². The molecule has 1 saturated carbocycles. The summed E-state index contributed by atoms with van der Waals surface area (Å²) < 4.78 is 5.73. The molecule has 21 heavy (non-hydrogen) atoms. The number of nitrogens with one attached hydrogen (secondary N) is 2. The molecule has 0 spiro atoms. The Bertz CT molecular complexity index is 647. The lowest BCUT2D eigenvalue weighted by atomic mass is 10.2. The van der Waals surface area contributed by atoms with Gasteiger partial charge in [0.25, 0.3) is 5.56 Å². The van der Waals surface area contributed by atoms with Gasteiger partial charge in [0.1, 0.15) is 5.60 Å². The lowest BCUT2D eigenvalue weighted by Gasteiger charge is -2.25. The highest BCUT2D eigenvalue weighted by atomic mass is 32.1. The quantitative estimate of drug-likeness (QED) is 0.778. The van der Waals surface area contributed by atoms with Crippen LogP contribution in [0, 0.1) is 16.6 Å². The van der Waals surface area contributed by atoms with Crippen LogP contribution >= 0.6 is 12.2 Å². The molecule has 0 radical (unpaired) electrons. The van der Waals surface area contributed by atoms with Crippen LogP contribution in [0.4, 0.5) is 4.79 Å². The summed E-state index contributed by atoms with van der Waals surface area (Å²) in [6.45, 7) is 6.94. The van der Waals surface area contributed by atoms with E-state index in [0.29, 0.717) is 35.6 Å². The molecule has 1 aliphatic heterocycles. The van der Waals surface area contributed by atoms with E-state index in [4.69, 9.17) is 17.0 Å². The first kappa shape index (κ1) is 14.3. The summed E-state index contributed by atoms with van der Waals surface area (Å²) >= 11 is 4.99. The molecular formula is C14H19N3O3S. The summed E-state index contributed by atoms with van der Waals surface area (Å²) in [7, 11) is 0. The van der Waals surface area contributed by atoms with Gasteiger partial charge in [-0.2, -0.15) is 0 Å². The van der Waals surface area contributed by atoms with Crippen molar-refractivity contribution in [2.24, 2.45) is 11.8 Å². The third-order valence-electron chi connectivity index (χ3n) is 3.99. The Hall–Kier alpha value is -1.63. The van der Waals surface area contributed by atoms with Gasteiger partial charge in [-0.05, 0) is 44.8 Å². The molecule has 3 atom stereocenters. The van der Waals surface area contributed by atoms with Crippen LogP contribution in [0.2, 0.25) is 0 Å². The minimum Gasteiger partial charge on any atom is -0.444 e. The Morgan fingerprint density at radius 3 is 2.48 bits per heavy atom. The number of H-pyrrole nitrogens is 2. The summed E-state index contributed by atoms with van der Waals surface area (Å²) in [6, 6.07) is 1.57. The van der Waals surface area contributed by atoms with Gasteiger partial charge in [0.2, 0.25) is 0 Å². The van der Waals surface area contributed by atoms with Crippen LogP contribution in [0.3, 0.4) is 0 Å². The Labute approximate surface area is 127 Å². The molecule has 3 rings (SSSR count). The fraction of sp³-hybridized carbons (Fsp3) is 0.643. The van der Waals surface area contributed by atoms with Crippen molar-refractivity contribution in [1.29, 1.82) is 0 Å². The first-order valence-corrected chi connectivity index (χ1v) is 7.47. The zero-order valence-electron chi connectivity index (χ0n) is 12.3. The van der Waals surface area contributed by atoms with Gasteiger partial charge >= 0.3 is 6.09 Å². The minimum atomic E-state index is -0.471. The van der Waals surface area contributed by atoms with Crippen LogP contribution < -0.4 is 5.56 Å². The molecule has 0 bridgehead atoms.